The fourth-order valence-electron chi connectivity index (χ4n) is 2.37. The fraction of sp³-hybridized carbons (Fsp3) is 0.176. The first-order chi connectivity index (χ1) is 10.7. The van der Waals surface area contributed by atoms with Crippen LogP contribution in [0.3, 0.4) is 0 Å². The van der Waals surface area contributed by atoms with Crippen LogP contribution >= 0.6 is 0 Å². The Morgan fingerprint density at radius 1 is 1.18 bits per heavy atom. The molecule has 1 aromatic heterocycles. The van der Waals surface area contributed by atoms with E-state index < -0.39 is 0 Å². The Bertz CT molecular complexity index is 806. The molecule has 0 aliphatic heterocycles. The third-order valence-electron chi connectivity index (χ3n) is 3.40. The second kappa shape index (κ2) is 5.89. The van der Waals surface area contributed by atoms with Crippen molar-refractivity contribution in [3.8, 4) is 5.75 Å². The van der Waals surface area contributed by atoms with Crippen molar-refractivity contribution in [2.75, 3.05) is 11.9 Å². The highest BCUT2D eigenvalue weighted by atomic mass is 16.5. The van der Waals surface area contributed by atoms with Crippen molar-refractivity contribution < 1.29 is 9.53 Å². The SMILES string of the molecule is CCOc1ccc(NC(=O)c2nn(C)c3ccccc23)cc1. The maximum absolute atomic E-state index is 12.4. The summed E-state index contributed by atoms with van der Waals surface area (Å²) in [6, 6.07) is 15.0. The van der Waals surface area contributed by atoms with Gasteiger partial charge in [-0.15, -0.1) is 0 Å². The summed E-state index contributed by atoms with van der Waals surface area (Å²) < 4.78 is 7.09. The minimum atomic E-state index is -0.221. The molecule has 0 saturated heterocycles. The molecule has 0 fully saturated rings. The van der Waals surface area contributed by atoms with Gasteiger partial charge < -0.3 is 10.1 Å². The molecule has 3 aromatic rings. The minimum Gasteiger partial charge on any atom is -0.494 e. The molecule has 0 atom stereocenters. The average molecular weight is 295 g/mol. The van der Waals surface area contributed by atoms with Crippen molar-refractivity contribution >= 4 is 22.5 Å². The summed E-state index contributed by atoms with van der Waals surface area (Å²) in [6.07, 6.45) is 0. The van der Waals surface area contributed by atoms with Crippen molar-refractivity contribution in [2.45, 2.75) is 6.92 Å². The first-order valence-electron chi connectivity index (χ1n) is 7.15. The monoisotopic (exact) mass is 295 g/mol. The van der Waals surface area contributed by atoms with Crippen LogP contribution in [0.1, 0.15) is 17.4 Å². The molecule has 5 heteroatoms. The van der Waals surface area contributed by atoms with Crippen LogP contribution in [-0.2, 0) is 7.05 Å². The van der Waals surface area contributed by atoms with E-state index in [-0.39, 0.29) is 5.91 Å². The number of amides is 1. The smallest absolute Gasteiger partial charge is 0.276 e. The van der Waals surface area contributed by atoms with Crippen molar-refractivity contribution in [1.82, 2.24) is 9.78 Å². The van der Waals surface area contributed by atoms with Gasteiger partial charge in [-0.2, -0.15) is 5.10 Å². The highest BCUT2D eigenvalue weighted by molar-refractivity contribution is 6.11. The number of carbonyl (C=O) groups excluding carboxylic acids is 1. The molecule has 0 unspecified atom stereocenters. The standard InChI is InChI=1S/C17H17N3O2/c1-3-22-13-10-8-12(9-11-13)18-17(21)16-14-6-4-5-7-15(14)20(2)19-16/h4-11H,3H2,1-2H3,(H,18,21). The second-order valence-corrected chi connectivity index (χ2v) is 4.90. The number of aromatic nitrogens is 2. The van der Waals surface area contributed by atoms with E-state index >= 15 is 0 Å². The number of aryl methyl sites for hydroxylation is 1. The lowest BCUT2D eigenvalue weighted by Crippen LogP contribution is -2.13. The molecule has 1 heterocycles. The number of para-hydroxylation sites is 1. The summed E-state index contributed by atoms with van der Waals surface area (Å²) in [6.45, 7) is 2.55. The molecule has 0 radical (unpaired) electrons. The van der Waals surface area contributed by atoms with E-state index in [1.807, 2.05) is 62.5 Å². The predicted octanol–water partition coefficient (Wildman–Crippen LogP) is 3.22. The minimum absolute atomic E-state index is 0.221. The Morgan fingerprint density at radius 3 is 2.64 bits per heavy atom. The Hall–Kier alpha value is -2.82. The molecule has 0 aliphatic carbocycles. The molecule has 0 spiro atoms. The third kappa shape index (κ3) is 2.65. The molecule has 22 heavy (non-hydrogen) atoms. The molecule has 2 aromatic carbocycles. The molecule has 1 N–H and O–H groups in total. The summed E-state index contributed by atoms with van der Waals surface area (Å²) in [5.41, 5.74) is 2.06. The van der Waals surface area contributed by atoms with E-state index in [1.165, 1.54) is 0 Å². The number of nitrogens with one attached hydrogen (secondary N) is 1. The van der Waals surface area contributed by atoms with E-state index in [9.17, 15) is 4.79 Å². The number of benzene rings is 2. The molecule has 5 nitrogen and oxygen atoms in total. The number of fused-ring (bicyclic) bond motifs is 1. The van der Waals surface area contributed by atoms with Gasteiger partial charge in [0, 0.05) is 18.1 Å². The van der Waals surface area contributed by atoms with Gasteiger partial charge in [0.1, 0.15) is 5.75 Å². The molecular weight excluding hydrogens is 278 g/mol. The van der Waals surface area contributed by atoms with Gasteiger partial charge in [-0.25, -0.2) is 0 Å². The van der Waals surface area contributed by atoms with Crippen LogP contribution in [0.25, 0.3) is 10.9 Å². The Balaban J connectivity index is 1.84. The Morgan fingerprint density at radius 2 is 1.91 bits per heavy atom. The number of carbonyl (C=O) groups is 1. The molecule has 0 bridgehead atoms. The lowest BCUT2D eigenvalue weighted by Gasteiger charge is -2.06. The molecular formula is C17H17N3O2. The predicted molar refractivity (Wildman–Crippen MR) is 86.3 cm³/mol. The van der Waals surface area contributed by atoms with Crippen molar-refractivity contribution in [3.63, 3.8) is 0 Å². The first-order valence-corrected chi connectivity index (χ1v) is 7.15. The lowest BCUT2D eigenvalue weighted by atomic mass is 10.2. The molecule has 0 aliphatic rings. The number of nitrogens with zero attached hydrogens (tertiary/aromatic N) is 2. The van der Waals surface area contributed by atoms with Crippen LogP contribution < -0.4 is 10.1 Å². The van der Waals surface area contributed by atoms with E-state index in [0.29, 0.717) is 18.0 Å². The number of anilines is 1. The van der Waals surface area contributed by atoms with Crippen LogP contribution in [0.15, 0.2) is 48.5 Å². The first kappa shape index (κ1) is 14.1. The maximum Gasteiger partial charge on any atom is 0.276 e. The maximum atomic E-state index is 12.4. The zero-order valence-electron chi connectivity index (χ0n) is 12.5. The van der Waals surface area contributed by atoms with E-state index in [2.05, 4.69) is 10.4 Å². The van der Waals surface area contributed by atoms with Gasteiger partial charge in [0.2, 0.25) is 0 Å². The Kier molecular flexibility index (Phi) is 3.78. The average Bonchev–Trinajstić information content (AvgIpc) is 2.87. The summed E-state index contributed by atoms with van der Waals surface area (Å²) in [5, 5.41) is 8.02. The van der Waals surface area contributed by atoms with Gasteiger partial charge in [-0.3, -0.25) is 9.48 Å². The van der Waals surface area contributed by atoms with Crippen molar-refractivity contribution in [3.05, 3.63) is 54.2 Å². The number of hydrogen-bond acceptors (Lipinski definition) is 3. The summed E-state index contributed by atoms with van der Waals surface area (Å²) in [4.78, 5) is 12.4. The van der Waals surface area contributed by atoms with Crippen LogP contribution in [0, 0.1) is 0 Å². The van der Waals surface area contributed by atoms with E-state index in [1.54, 1.807) is 4.68 Å². The molecule has 3 rings (SSSR count). The van der Waals surface area contributed by atoms with Crippen LogP contribution in [0.2, 0.25) is 0 Å². The van der Waals surface area contributed by atoms with E-state index in [0.717, 1.165) is 16.7 Å². The zero-order chi connectivity index (χ0) is 15.5. The summed E-state index contributed by atoms with van der Waals surface area (Å²) >= 11 is 0. The van der Waals surface area contributed by atoms with E-state index in [4.69, 9.17) is 4.74 Å². The fourth-order valence-corrected chi connectivity index (χ4v) is 2.37. The Labute approximate surface area is 128 Å². The highest BCUT2D eigenvalue weighted by Gasteiger charge is 2.15. The van der Waals surface area contributed by atoms with Crippen molar-refractivity contribution in [1.29, 1.82) is 0 Å². The number of rotatable bonds is 4. The van der Waals surface area contributed by atoms with Gasteiger partial charge >= 0.3 is 0 Å². The zero-order valence-corrected chi connectivity index (χ0v) is 12.5. The highest BCUT2D eigenvalue weighted by Crippen LogP contribution is 2.20. The number of hydrogen-bond donors (Lipinski definition) is 1. The molecule has 1 amide bonds. The largest absolute Gasteiger partial charge is 0.494 e. The quantitative estimate of drug-likeness (QED) is 0.804. The van der Waals surface area contributed by atoms with Crippen LogP contribution in [0.4, 0.5) is 5.69 Å². The second-order valence-electron chi connectivity index (χ2n) is 4.90. The molecule has 112 valence electrons. The summed E-state index contributed by atoms with van der Waals surface area (Å²) in [7, 11) is 1.83. The third-order valence-corrected chi connectivity index (χ3v) is 3.40. The van der Waals surface area contributed by atoms with Gasteiger partial charge in [-0.1, -0.05) is 18.2 Å². The summed E-state index contributed by atoms with van der Waals surface area (Å²) in [5.74, 6) is 0.560. The van der Waals surface area contributed by atoms with Gasteiger partial charge in [0.25, 0.3) is 5.91 Å². The molecule has 0 saturated carbocycles. The van der Waals surface area contributed by atoms with Gasteiger partial charge in [0.15, 0.2) is 5.69 Å². The van der Waals surface area contributed by atoms with Crippen molar-refractivity contribution in [2.24, 2.45) is 7.05 Å². The lowest BCUT2D eigenvalue weighted by molar-refractivity contribution is 0.102. The van der Waals surface area contributed by atoms with Gasteiger partial charge in [0.05, 0.1) is 12.1 Å². The topological polar surface area (TPSA) is 56.1 Å². The normalized spacial score (nSPS) is 10.6. The van der Waals surface area contributed by atoms with Crippen LogP contribution in [-0.4, -0.2) is 22.3 Å². The number of ether oxygens (including phenoxy) is 1. The van der Waals surface area contributed by atoms with Crippen LogP contribution in [0.5, 0.6) is 5.75 Å². The van der Waals surface area contributed by atoms with Gasteiger partial charge in [-0.05, 0) is 37.3 Å².